The monoisotopic (exact) mass is 1280 g/mol. The van der Waals surface area contributed by atoms with E-state index < -0.39 is 11.6 Å². The Morgan fingerprint density at radius 3 is 1.38 bits per heavy atom. The number of aryl methyl sites for hydroxylation is 11. The highest BCUT2D eigenvalue weighted by molar-refractivity contribution is 6.35. The third kappa shape index (κ3) is 19.1. The Morgan fingerprint density at radius 2 is 0.868 bits per heavy atom. The van der Waals surface area contributed by atoms with E-state index in [0.29, 0.717) is 36.0 Å². The molecule has 11 nitrogen and oxygen atoms in total. The Balaban J connectivity index is 0.000000181. The van der Waals surface area contributed by atoms with Crippen LogP contribution in [0.1, 0.15) is 127 Å². The van der Waals surface area contributed by atoms with E-state index in [2.05, 4.69) is 82.5 Å². The summed E-state index contributed by atoms with van der Waals surface area (Å²) in [6.07, 6.45) is 16.3. The molecule has 496 valence electrons. The molecule has 91 heavy (non-hydrogen) atoms. The number of hydrogen-bond donors (Lipinski definition) is 0. The van der Waals surface area contributed by atoms with Crippen molar-refractivity contribution in [2.24, 2.45) is 0 Å². The first-order valence-electron chi connectivity index (χ1n) is 32.2. The second-order valence-electron chi connectivity index (χ2n) is 23.8. The van der Waals surface area contributed by atoms with Gasteiger partial charge in [0.05, 0.1) is 21.7 Å². The van der Waals surface area contributed by atoms with Gasteiger partial charge in [-0.2, -0.15) is 5.10 Å². The minimum atomic E-state index is -0.741. The Bertz CT molecular complexity index is 3790. The Morgan fingerprint density at radius 1 is 0.429 bits per heavy atom. The second kappa shape index (κ2) is 36.1. The molecule has 0 spiro atoms. The van der Waals surface area contributed by atoms with Gasteiger partial charge in [-0.05, 0) is 171 Å². The van der Waals surface area contributed by atoms with Crippen LogP contribution in [0.3, 0.4) is 0 Å². The van der Waals surface area contributed by atoms with Crippen molar-refractivity contribution in [3.63, 3.8) is 0 Å². The molecule has 17 heteroatoms. The van der Waals surface area contributed by atoms with Gasteiger partial charge in [-0.15, -0.1) is 0 Å². The van der Waals surface area contributed by atoms with Gasteiger partial charge in [0.25, 0.3) is 0 Å². The zero-order chi connectivity index (χ0) is 66.4. The third-order valence-corrected chi connectivity index (χ3v) is 16.9. The highest BCUT2D eigenvalue weighted by Gasteiger charge is 2.22. The summed E-state index contributed by atoms with van der Waals surface area (Å²) in [6, 6.07) is 23.0. The van der Waals surface area contributed by atoms with E-state index >= 15 is 0 Å². The van der Waals surface area contributed by atoms with Crippen LogP contribution in [0, 0.1) is 36.0 Å². The maximum Gasteiger partial charge on any atom is 0.168 e. The number of ether oxygens (including phenoxy) is 5. The Hall–Kier alpha value is -6.53. The van der Waals surface area contributed by atoms with Crippen molar-refractivity contribution >= 4 is 66.1 Å². The molecule has 5 aromatic carbocycles. The first-order chi connectivity index (χ1) is 43.8. The highest BCUT2D eigenvalue weighted by atomic mass is 35.5. The fourth-order valence-electron chi connectivity index (χ4n) is 11.3. The first-order valence-corrected chi connectivity index (χ1v) is 32.6. The van der Waals surface area contributed by atoms with Crippen LogP contribution in [0.25, 0.3) is 54.5 Å². The van der Waals surface area contributed by atoms with E-state index in [0.717, 1.165) is 166 Å². The van der Waals surface area contributed by atoms with Crippen LogP contribution in [0.15, 0.2) is 97.6 Å². The van der Waals surface area contributed by atoms with Gasteiger partial charge < -0.3 is 42.0 Å². The predicted octanol–water partition coefficient (Wildman–Crippen LogP) is 18.6. The summed E-state index contributed by atoms with van der Waals surface area (Å²) in [5, 5.41) is 9.23. The SMILES string of the molecule is CCc1cc2c(cc1F)c(C(C)(C)C)cn2CCCOC.CCc1cc2c(ccn2CCCOC)c(Cl)c1F.CCc1cc2c(ccn2CCCOC)c(F)c1F.CCc1cc2c(ccn2CCCOC)cc1F.CCc1ccc2c(C)nn(CCCOC)c2c1. The topological polar surface area (TPSA) is 83.7 Å². The summed E-state index contributed by atoms with van der Waals surface area (Å²) in [7, 11) is 8.51. The van der Waals surface area contributed by atoms with Gasteiger partial charge in [0.15, 0.2) is 11.6 Å². The highest BCUT2D eigenvalue weighted by Crippen LogP contribution is 2.35. The maximum absolute atomic E-state index is 14.2. The summed E-state index contributed by atoms with van der Waals surface area (Å²) in [5.41, 5.74) is 11.6. The van der Waals surface area contributed by atoms with Gasteiger partial charge in [0.2, 0.25) is 0 Å². The molecule has 5 aromatic heterocycles. The molecular weight excluding hydrogens is 1180 g/mol. The van der Waals surface area contributed by atoms with Crippen LogP contribution < -0.4 is 0 Å². The molecule has 0 N–H and O–H groups in total. The minimum Gasteiger partial charge on any atom is -0.385 e. The van der Waals surface area contributed by atoms with Crippen LogP contribution in [0.4, 0.5) is 22.0 Å². The largest absolute Gasteiger partial charge is 0.385 e. The molecule has 10 rings (SSSR count). The van der Waals surface area contributed by atoms with Crippen LogP contribution in [-0.4, -0.2) is 96.6 Å². The van der Waals surface area contributed by atoms with Crippen molar-refractivity contribution in [2.45, 2.75) is 165 Å². The molecule has 0 amide bonds. The number of hydrogen-bond acceptors (Lipinski definition) is 6. The maximum atomic E-state index is 14.2. The molecule has 0 radical (unpaired) electrons. The van der Waals surface area contributed by atoms with E-state index in [1.807, 2.05) is 75.0 Å². The molecule has 0 aliphatic rings. The quantitative estimate of drug-likeness (QED) is 0.0419. The van der Waals surface area contributed by atoms with E-state index in [1.165, 1.54) is 22.0 Å². The molecule has 0 aliphatic carbocycles. The summed E-state index contributed by atoms with van der Waals surface area (Å²) in [5.74, 6) is -1.95. The molecule has 0 saturated carbocycles. The number of halogens is 6. The molecule has 0 fully saturated rings. The van der Waals surface area contributed by atoms with Gasteiger partial charge in [0, 0.05) is 170 Å². The van der Waals surface area contributed by atoms with E-state index in [-0.39, 0.29) is 27.9 Å². The van der Waals surface area contributed by atoms with Crippen LogP contribution in [0.2, 0.25) is 5.02 Å². The first kappa shape index (κ1) is 73.5. The van der Waals surface area contributed by atoms with Gasteiger partial charge in [0.1, 0.15) is 17.5 Å². The van der Waals surface area contributed by atoms with Crippen molar-refractivity contribution in [1.82, 2.24) is 28.0 Å². The van der Waals surface area contributed by atoms with Crippen molar-refractivity contribution in [3.8, 4) is 0 Å². The van der Waals surface area contributed by atoms with Gasteiger partial charge in [-0.3, -0.25) is 4.68 Å². The van der Waals surface area contributed by atoms with Gasteiger partial charge in [-0.1, -0.05) is 79.1 Å². The Kier molecular flexibility index (Phi) is 29.1. The smallest absolute Gasteiger partial charge is 0.168 e. The fraction of sp³-hybridized carbons (Fsp3) is 0.473. The van der Waals surface area contributed by atoms with Crippen molar-refractivity contribution < 1.29 is 45.6 Å². The van der Waals surface area contributed by atoms with E-state index in [4.69, 9.17) is 35.3 Å². The second-order valence-corrected chi connectivity index (χ2v) is 24.2. The molecule has 0 aliphatic heterocycles. The lowest BCUT2D eigenvalue weighted by Gasteiger charge is -2.17. The average Bonchev–Trinajstić information content (AvgIpc) is 1.80. The third-order valence-electron chi connectivity index (χ3n) is 16.5. The number of benzene rings is 5. The summed E-state index contributed by atoms with van der Waals surface area (Å²) < 4.78 is 105. The number of nitrogens with zero attached hydrogens (tertiary/aromatic N) is 6. The summed E-state index contributed by atoms with van der Waals surface area (Å²) >= 11 is 6.07. The zero-order valence-corrected chi connectivity index (χ0v) is 57.1. The van der Waals surface area contributed by atoms with Crippen LogP contribution in [0.5, 0.6) is 0 Å². The van der Waals surface area contributed by atoms with Crippen molar-refractivity contribution in [1.29, 1.82) is 0 Å². The van der Waals surface area contributed by atoms with Crippen molar-refractivity contribution in [3.05, 3.63) is 171 Å². The molecular formula is C74H98ClF5N6O5. The lowest BCUT2D eigenvalue weighted by molar-refractivity contribution is 0.189. The molecule has 10 aromatic rings. The van der Waals surface area contributed by atoms with Crippen LogP contribution >= 0.6 is 11.6 Å². The average molecular weight is 1280 g/mol. The predicted molar refractivity (Wildman–Crippen MR) is 365 cm³/mol. The lowest BCUT2D eigenvalue weighted by atomic mass is 9.86. The molecule has 0 unspecified atom stereocenters. The number of aromatic nitrogens is 6. The summed E-state index contributed by atoms with van der Waals surface area (Å²) in [6.45, 7) is 26.5. The van der Waals surface area contributed by atoms with Crippen molar-refractivity contribution in [2.75, 3.05) is 68.6 Å². The minimum absolute atomic E-state index is 0.00489. The molecule has 0 saturated heterocycles. The number of rotatable bonds is 25. The number of methoxy groups -OCH3 is 5. The van der Waals surface area contributed by atoms with Gasteiger partial charge in [-0.25, -0.2) is 22.0 Å². The standard InChI is InChI=1S/C18H26FNO.C14H17ClFNO.C14H17F2NO.C14H18FNO.C14H20N2O/c1-6-13-10-17-14(11-16(13)19)15(18(2,3)4)12-20(17)8-7-9-21-5;1-3-10-9-12-11(13(15)14(10)16)5-7-17(12)6-4-8-18-2;1-3-10-9-12-11(14(16)13(10)15)5-7-17(12)6-4-8-18-2;1-3-11-10-14-12(9-13(11)15)5-7-16(14)6-4-8-17-2;1-4-12-6-7-13-11(2)15-16(14(13)10-12)8-5-9-17-3/h10-12H,6-9H2,1-5H3;2*5,7,9H,3-4,6,8H2,1-2H3;5,7,9-10H,3-4,6,8H2,1-2H3;6-7,10H,4-5,8-9H2,1-3H3. The lowest BCUT2D eigenvalue weighted by Crippen LogP contribution is -2.10. The molecule has 0 bridgehead atoms. The van der Waals surface area contributed by atoms with Gasteiger partial charge >= 0.3 is 0 Å². The Labute approximate surface area is 541 Å². The molecule has 0 atom stereocenters. The number of fused-ring (bicyclic) bond motifs is 5. The fourth-order valence-corrected chi connectivity index (χ4v) is 11.6. The van der Waals surface area contributed by atoms with E-state index in [1.54, 1.807) is 66.0 Å². The summed E-state index contributed by atoms with van der Waals surface area (Å²) in [4.78, 5) is 0. The molecule has 5 heterocycles. The van der Waals surface area contributed by atoms with Crippen LogP contribution in [-0.2, 0) is 93.9 Å². The van der Waals surface area contributed by atoms with E-state index in [9.17, 15) is 22.0 Å². The zero-order valence-electron chi connectivity index (χ0n) is 56.4. The normalized spacial score (nSPS) is 11.5.